The van der Waals surface area contributed by atoms with E-state index in [4.69, 9.17) is 0 Å². The third-order valence-electron chi connectivity index (χ3n) is 0.975. The van der Waals surface area contributed by atoms with Crippen LogP contribution in [-0.2, 0) is 0 Å². The second kappa shape index (κ2) is 7.80. The summed E-state index contributed by atoms with van der Waals surface area (Å²) >= 11 is 3.31. The molecule has 0 N–H and O–H groups in total. The van der Waals surface area contributed by atoms with Gasteiger partial charge in [0.25, 0.3) is 0 Å². The third kappa shape index (κ3) is 9.70. The van der Waals surface area contributed by atoms with Crippen molar-refractivity contribution >= 4 is 15.9 Å². The van der Waals surface area contributed by atoms with E-state index >= 15 is 0 Å². The van der Waals surface area contributed by atoms with Gasteiger partial charge < -0.3 is 0 Å². The van der Waals surface area contributed by atoms with Crippen molar-refractivity contribution in [1.82, 2.24) is 0 Å². The Hall–Kier alpha value is -0.300. The van der Waals surface area contributed by atoms with Gasteiger partial charge in [-0.1, -0.05) is 66.2 Å². The highest BCUT2D eigenvalue weighted by molar-refractivity contribution is 9.09. The molecule has 0 nitrogen and oxygen atoms in total. The summed E-state index contributed by atoms with van der Waals surface area (Å²) in [7, 11) is 0. The molecule has 0 aliphatic carbocycles. The van der Waals surface area contributed by atoms with Gasteiger partial charge in [0, 0.05) is 5.33 Å². The number of hydrogen-bond acceptors (Lipinski definition) is 0. The van der Waals surface area contributed by atoms with Crippen LogP contribution in [0.2, 0.25) is 0 Å². The third-order valence-corrected chi connectivity index (χ3v) is 2.27. The van der Waals surface area contributed by atoms with Crippen LogP contribution in [0.4, 0.5) is 0 Å². The van der Waals surface area contributed by atoms with Crippen molar-refractivity contribution in [1.29, 1.82) is 0 Å². The largest absolute Gasteiger partial charge is 0.0925 e. The van der Waals surface area contributed by atoms with Gasteiger partial charge >= 0.3 is 0 Å². The van der Waals surface area contributed by atoms with Crippen LogP contribution in [0, 0.1) is 5.92 Å². The van der Waals surface area contributed by atoms with Gasteiger partial charge in [0.2, 0.25) is 0 Å². The van der Waals surface area contributed by atoms with Crippen LogP contribution >= 0.6 is 15.9 Å². The molecular formula is C10H15Br. The second-order valence-electron chi connectivity index (χ2n) is 2.70. The van der Waals surface area contributed by atoms with E-state index in [1.807, 2.05) is 36.4 Å². The normalized spacial score (nSPS) is 8.73. The molecule has 0 heterocycles. The maximum Gasteiger partial charge on any atom is 0.00544 e. The molecule has 0 spiro atoms. The van der Waals surface area contributed by atoms with E-state index in [1.54, 1.807) is 0 Å². The number of alkyl halides is 1. The van der Waals surface area contributed by atoms with E-state index < -0.39 is 0 Å². The Kier molecular flexibility index (Phi) is 7.59. The number of rotatable bonds is 1. The standard InChI is InChI=1S/C6H6.C4H9Br/c1-2-4-6-5-3-1;1-4(2)3-5/h1-6H;4H,3H2,1-2H3. The monoisotopic (exact) mass is 214 g/mol. The van der Waals surface area contributed by atoms with Crippen LogP contribution < -0.4 is 0 Å². The first kappa shape index (κ1) is 10.7. The van der Waals surface area contributed by atoms with Gasteiger partial charge in [0.1, 0.15) is 0 Å². The molecule has 0 saturated carbocycles. The van der Waals surface area contributed by atoms with E-state index in [2.05, 4.69) is 29.8 Å². The Morgan fingerprint density at radius 1 is 0.909 bits per heavy atom. The van der Waals surface area contributed by atoms with Crippen molar-refractivity contribution in [3.8, 4) is 0 Å². The van der Waals surface area contributed by atoms with Gasteiger partial charge in [-0.3, -0.25) is 0 Å². The van der Waals surface area contributed by atoms with E-state index in [0.29, 0.717) is 0 Å². The minimum Gasteiger partial charge on any atom is -0.0925 e. The highest BCUT2D eigenvalue weighted by atomic mass is 79.9. The second-order valence-corrected chi connectivity index (χ2v) is 3.35. The molecule has 1 heteroatoms. The molecule has 0 bridgehead atoms. The van der Waals surface area contributed by atoms with Gasteiger partial charge in [0.15, 0.2) is 0 Å². The Bertz CT molecular complexity index is 120. The number of hydrogen-bond donors (Lipinski definition) is 0. The van der Waals surface area contributed by atoms with E-state index in [0.717, 1.165) is 11.2 Å². The molecule has 0 atom stereocenters. The van der Waals surface area contributed by atoms with Gasteiger partial charge in [-0.05, 0) is 5.92 Å². The lowest BCUT2D eigenvalue weighted by atomic mass is 10.3. The molecule has 1 aromatic rings. The van der Waals surface area contributed by atoms with Crippen LogP contribution in [0.1, 0.15) is 13.8 Å². The van der Waals surface area contributed by atoms with Crippen molar-refractivity contribution in [3.05, 3.63) is 36.4 Å². The fraction of sp³-hybridized carbons (Fsp3) is 0.400. The minimum absolute atomic E-state index is 0.801. The summed E-state index contributed by atoms with van der Waals surface area (Å²) in [5.74, 6) is 0.801. The molecule has 0 aliphatic rings. The topological polar surface area (TPSA) is 0 Å². The quantitative estimate of drug-likeness (QED) is 0.626. The maximum absolute atomic E-state index is 3.31. The number of halogens is 1. The van der Waals surface area contributed by atoms with Gasteiger partial charge in [-0.25, -0.2) is 0 Å². The summed E-state index contributed by atoms with van der Waals surface area (Å²) in [6, 6.07) is 12.0. The molecule has 0 radical (unpaired) electrons. The average molecular weight is 215 g/mol. The molecule has 0 aromatic heterocycles. The molecule has 11 heavy (non-hydrogen) atoms. The lowest BCUT2D eigenvalue weighted by molar-refractivity contribution is 0.756. The first-order chi connectivity index (χ1) is 5.27. The lowest BCUT2D eigenvalue weighted by Crippen LogP contribution is -1.82. The van der Waals surface area contributed by atoms with Crippen LogP contribution in [0.15, 0.2) is 36.4 Å². The molecular weight excluding hydrogens is 200 g/mol. The Morgan fingerprint density at radius 2 is 1.09 bits per heavy atom. The number of benzene rings is 1. The van der Waals surface area contributed by atoms with Crippen molar-refractivity contribution < 1.29 is 0 Å². The van der Waals surface area contributed by atoms with Crippen LogP contribution in [0.5, 0.6) is 0 Å². The van der Waals surface area contributed by atoms with Crippen LogP contribution in [0.3, 0.4) is 0 Å². The van der Waals surface area contributed by atoms with E-state index in [-0.39, 0.29) is 0 Å². The Morgan fingerprint density at radius 3 is 1.18 bits per heavy atom. The van der Waals surface area contributed by atoms with Crippen molar-refractivity contribution in [3.63, 3.8) is 0 Å². The highest BCUT2D eigenvalue weighted by Gasteiger charge is 1.81. The van der Waals surface area contributed by atoms with E-state index in [1.165, 1.54) is 0 Å². The SMILES string of the molecule is CC(C)CBr.c1ccccc1. The summed E-state index contributed by atoms with van der Waals surface area (Å²) < 4.78 is 0. The van der Waals surface area contributed by atoms with Crippen LogP contribution in [0.25, 0.3) is 0 Å². The summed E-state index contributed by atoms with van der Waals surface area (Å²) in [5, 5.41) is 1.12. The Balaban J connectivity index is 0.000000187. The zero-order valence-electron chi connectivity index (χ0n) is 7.13. The molecule has 0 unspecified atom stereocenters. The molecule has 0 saturated heterocycles. The summed E-state index contributed by atoms with van der Waals surface area (Å²) in [5.41, 5.74) is 0. The Labute approximate surface area is 77.8 Å². The minimum atomic E-state index is 0.801. The molecule has 0 amide bonds. The van der Waals surface area contributed by atoms with Gasteiger partial charge in [-0.15, -0.1) is 0 Å². The fourth-order valence-electron chi connectivity index (χ4n) is 0.385. The zero-order chi connectivity index (χ0) is 8.53. The predicted octanol–water partition coefficient (Wildman–Crippen LogP) is 3.72. The van der Waals surface area contributed by atoms with Crippen molar-refractivity contribution in [2.24, 2.45) is 5.92 Å². The first-order valence-corrected chi connectivity index (χ1v) is 4.95. The molecule has 0 fully saturated rings. The average Bonchev–Trinajstić information content (AvgIpc) is 2.09. The summed E-state index contributed by atoms with van der Waals surface area (Å²) in [6.45, 7) is 4.35. The molecule has 1 aromatic carbocycles. The predicted molar refractivity (Wildman–Crippen MR) is 55.1 cm³/mol. The molecule has 0 aliphatic heterocycles. The lowest BCUT2D eigenvalue weighted by Gasteiger charge is -1.88. The van der Waals surface area contributed by atoms with Crippen molar-refractivity contribution in [2.75, 3.05) is 5.33 Å². The highest BCUT2D eigenvalue weighted by Crippen LogP contribution is 1.94. The summed E-state index contributed by atoms with van der Waals surface area (Å²) in [4.78, 5) is 0. The van der Waals surface area contributed by atoms with Crippen LogP contribution in [-0.4, -0.2) is 5.33 Å². The van der Waals surface area contributed by atoms with Gasteiger partial charge in [-0.2, -0.15) is 0 Å². The molecule has 1 rings (SSSR count). The van der Waals surface area contributed by atoms with Crippen molar-refractivity contribution in [2.45, 2.75) is 13.8 Å². The maximum atomic E-state index is 3.31. The zero-order valence-corrected chi connectivity index (χ0v) is 8.71. The molecule has 62 valence electrons. The van der Waals surface area contributed by atoms with Gasteiger partial charge in [0.05, 0.1) is 0 Å². The smallest absolute Gasteiger partial charge is 0.00544 e. The van der Waals surface area contributed by atoms with E-state index in [9.17, 15) is 0 Å². The first-order valence-electron chi connectivity index (χ1n) is 3.83. The summed E-state index contributed by atoms with van der Waals surface area (Å²) in [6.07, 6.45) is 0. The fourth-order valence-corrected chi connectivity index (χ4v) is 0.385.